The Balaban J connectivity index is 2.11. The molecule has 3 nitrogen and oxygen atoms in total. The van der Waals surface area contributed by atoms with Gasteiger partial charge in [-0.3, -0.25) is 0 Å². The lowest BCUT2D eigenvalue weighted by Gasteiger charge is -2.20. The summed E-state index contributed by atoms with van der Waals surface area (Å²) in [5.74, 6) is 0.913. The molecule has 102 valence electrons. The molecule has 2 N–H and O–H groups in total. The highest BCUT2D eigenvalue weighted by atomic mass is 32.1. The topological polar surface area (TPSA) is 42.2 Å². The first kappa shape index (κ1) is 13.8. The van der Waals surface area contributed by atoms with Crippen molar-refractivity contribution < 1.29 is 0 Å². The second-order valence-corrected chi connectivity index (χ2v) is 6.27. The molecule has 0 bridgehead atoms. The minimum atomic E-state index is 0.635. The molecule has 4 heteroatoms. The zero-order chi connectivity index (χ0) is 13.0. The standard InChI is InChI=1S/C14H25N3S/c1-3-5-12-13(9-15)18-14(16-12)17(8-4-2)10-11-6-7-11/h11H,3-10,15H2,1-2H3. The third kappa shape index (κ3) is 3.45. The Morgan fingerprint density at radius 3 is 2.67 bits per heavy atom. The first-order valence-electron chi connectivity index (χ1n) is 7.22. The highest BCUT2D eigenvalue weighted by Gasteiger charge is 2.25. The number of nitrogens with two attached hydrogens (primary N) is 1. The molecule has 1 aliphatic carbocycles. The molecule has 0 atom stereocenters. The van der Waals surface area contributed by atoms with E-state index in [4.69, 9.17) is 10.7 Å². The monoisotopic (exact) mass is 267 g/mol. The maximum absolute atomic E-state index is 5.83. The summed E-state index contributed by atoms with van der Waals surface area (Å²) in [7, 11) is 0. The van der Waals surface area contributed by atoms with E-state index in [1.165, 1.54) is 41.5 Å². The molecule has 0 radical (unpaired) electrons. The van der Waals surface area contributed by atoms with E-state index in [0.717, 1.165) is 25.3 Å². The molecule has 0 saturated heterocycles. The summed E-state index contributed by atoms with van der Waals surface area (Å²) < 4.78 is 0. The molecule has 0 spiro atoms. The minimum Gasteiger partial charge on any atom is -0.348 e. The third-order valence-corrected chi connectivity index (χ3v) is 4.56. The van der Waals surface area contributed by atoms with Crippen molar-refractivity contribution in [1.82, 2.24) is 4.98 Å². The molecule has 1 fully saturated rings. The van der Waals surface area contributed by atoms with Crippen molar-refractivity contribution in [2.24, 2.45) is 11.7 Å². The maximum atomic E-state index is 5.83. The van der Waals surface area contributed by atoms with E-state index in [1.54, 1.807) is 0 Å². The van der Waals surface area contributed by atoms with E-state index in [9.17, 15) is 0 Å². The van der Waals surface area contributed by atoms with Crippen LogP contribution in [0.4, 0.5) is 5.13 Å². The molecule has 0 aliphatic heterocycles. The quantitative estimate of drug-likeness (QED) is 0.786. The van der Waals surface area contributed by atoms with Gasteiger partial charge in [0.15, 0.2) is 5.13 Å². The van der Waals surface area contributed by atoms with Gasteiger partial charge in [0.05, 0.1) is 5.69 Å². The van der Waals surface area contributed by atoms with Crippen molar-refractivity contribution in [3.8, 4) is 0 Å². The van der Waals surface area contributed by atoms with Gasteiger partial charge in [-0.25, -0.2) is 4.98 Å². The van der Waals surface area contributed by atoms with Gasteiger partial charge >= 0.3 is 0 Å². The van der Waals surface area contributed by atoms with Crippen LogP contribution in [-0.4, -0.2) is 18.1 Å². The van der Waals surface area contributed by atoms with E-state index in [-0.39, 0.29) is 0 Å². The van der Waals surface area contributed by atoms with Gasteiger partial charge in [-0.2, -0.15) is 0 Å². The van der Waals surface area contributed by atoms with Crippen LogP contribution >= 0.6 is 11.3 Å². The molecule has 1 saturated carbocycles. The predicted molar refractivity (Wildman–Crippen MR) is 79.2 cm³/mol. The van der Waals surface area contributed by atoms with Crippen LogP contribution in [0.25, 0.3) is 0 Å². The Labute approximate surface area is 114 Å². The van der Waals surface area contributed by atoms with Gasteiger partial charge in [0.1, 0.15) is 0 Å². The first-order chi connectivity index (χ1) is 8.78. The van der Waals surface area contributed by atoms with Crippen LogP contribution in [0.15, 0.2) is 0 Å². The van der Waals surface area contributed by atoms with Crippen molar-refractivity contribution in [2.45, 2.75) is 52.5 Å². The van der Waals surface area contributed by atoms with Crippen LogP contribution in [0.5, 0.6) is 0 Å². The minimum absolute atomic E-state index is 0.635. The van der Waals surface area contributed by atoms with Gasteiger partial charge < -0.3 is 10.6 Å². The Morgan fingerprint density at radius 1 is 1.33 bits per heavy atom. The molecular weight excluding hydrogens is 242 g/mol. The van der Waals surface area contributed by atoms with Gasteiger partial charge in [0, 0.05) is 24.5 Å². The lowest BCUT2D eigenvalue weighted by molar-refractivity contribution is 0.703. The number of anilines is 1. The summed E-state index contributed by atoms with van der Waals surface area (Å²) in [6.07, 6.45) is 6.20. The summed E-state index contributed by atoms with van der Waals surface area (Å²) in [5.41, 5.74) is 7.07. The van der Waals surface area contributed by atoms with Crippen LogP contribution in [0, 0.1) is 5.92 Å². The fourth-order valence-electron chi connectivity index (χ4n) is 2.24. The van der Waals surface area contributed by atoms with Crippen LogP contribution < -0.4 is 10.6 Å². The molecule has 0 amide bonds. The first-order valence-corrected chi connectivity index (χ1v) is 8.03. The lowest BCUT2D eigenvalue weighted by Crippen LogP contribution is -2.26. The Kier molecular flexibility index (Phi) is 5.01. The van der Waals surface area contributed by atoms with E-state index in [1.807, 2.05) is 11.3 Å². The fraction of sp³-hybridized carbons (Fsp3) is 0.786. The van der Waals surface area contributed by atoms with E-state index in [2.05, 4.69) is 18.7 Å². The smallest absolute Gasteiger partial charge is 0.185 e. The normalized spacial score (nSPS) is 15.1. The summed E-state index contributed by atoms with van der Waals surface area (Å²) >= 11 is 1.81. The number of nitrogens with zero attached hydrogens (tertiary/aromatic N) is 2. The third-order valence-electron chi connectivity index (χ3n) is 3.38. The number of thiazole rings is 1. The Hall–Kier alpha value is -0.610. The van der Waals surface area contributed by atoms with Gasteiger partial charge in [0.25, 0.3) is 0 Å². The van der Waals surface area contributed by atoms with Crippen LogP contribution in [0.2, 0.25) is 0 Å². The molecule has 1 heterocycles. The number of rotatable bonds is 8. The number of hydrogen-bond donors (Lipinski definition) is 1. The van der Waals surface area contributed by atoms with Crippen LogP contribution in [-0.2, 0) is 13.0 Å². The van der Waals surface area contributed by atoms with E-state index >= 15 is 0 Å². The number of aryl methyl sites for hydroxylation is 1. The molecule has 1 aromatic heterocycles. The maximum Gasteiger partial charge on any atom is 0.185 e. The largest absolute Gasteiger partial charge is 0.348 e. The Morgan fingerprint density at radius 2 is 2.11 bits per heavy atom. The second-order valence-electron chi connectivity index (χ2n) is 5.21. The molecule has 1 aliphatic rings. The van der Waals surface area contributed by atoms with Crippen LogP contribution in [0.3, 0.4) is 0 Å². The highest BCUT2D eigenvalue weighted by Crippen LogP contribution is 2.34. The lowest BCUT2D eigenvalue weighted by atomic mass is 10.2. The van der Waals surface area contributed by atoms with E-state index < -0.39 is 0 Å². The van der Waals surface area contributed by atoms with Crippen LogP contribution in [0.1, 0.15) is 50.1 Å². The van der Waals surface area contributed by atoms with Crippen molar-refractivity contribution in [1.29, 1.82) is 0 Å². The molecular formula is C14H25N3S. The zero-order valence-electron chi connectivity index (χ0n) is 11.6. The summed E-state index contributed by atoms with van der Waals surface area (Å²) in [4.78, 5) is 8.59. The molecule has 1 aromatic rings. The molecule has 0 aromatic carbocycles. The SMILES string of the molecule is CCCc1nc(N(CCC)CC2CC2)sc1CN. The molecule has 0 unspecified atom stereocenters. The fourth-order valence-corrected chi connectivity index (χ4v) is 3.26. The molecule has 18 heavy (non-hydrogen) atoms. The summed E-state index contributed by atoms with van der Waals surface area (Å²) in [6, 6.07) is 0. The van der Waals surface area contributed by atoms with Gasteiger partial charge in [-0.05, 0) is 31.6 Å². The van der Waals surface area contributed by atoms with Crippen molar-refractivity contribution >= 4 is 16.5 Å². The zero-order valence-corrected chi connectivity index (χ0v) is 12.4. The summed E-state index contributed by atoms with van der Waals surface area (Å²) in [5, 5.41) is 1.20. The van der Waals surface area contributed by atoms with Crippen molar-refractivity contribution in [3.63, 3.8) is 0 Å². The Bertz CT molecular complexity index is 371. The average Bonchev–Trinajstić information content (AvgIpc) is 3.09. The highest BCUT2D eigenvalue weighted by molar-refractivity contribution is 7.15. The number of hydrogen-bond acceptors (Lipinski definition) is 4. The summed E-state index contributed by atoms with van der Waals surface area (Å²) in [6.45, 7) is 7.39. The number of aromatic nitrogens is 1. The van der Waals surface area contributed by atoms with Gasteiger partial charge in [-0.1, -0.05) is 20.3 Å². The van der Waals surface area contributed by atoms with Crippen molar-refractivity contribution in [2.75, 3.05) is 18.0 Å². The second kappa shape index (κ2) is 6.53. The van der Waals surface area contributed by atoms with Gasteiger partial charge in [0.2, 0.25) is 0 Å². The molecule has 2 rings (SSSR count). The van der Waals surface area contributed by atoms with Crippen molar-refractivity contribution in [3.05, 3.63) is 10.6 Å². The predicted octanol–water partition coefficient (Wildman–Crippen LogP) is 3.18. The average molecular weight is 267 g/mol. The van der Waals surface area contributed by atoms with Gasteiger partial charge in [-0.15, -0.1) is 11.3 Å². The van der Waals surface area contributed by atoms with E-state index in [0.29, 0.717) is 6.54 Å².